The fourth-order valence-corrected chi connectivity index (χ4v) is 5.94. The van der Waals surface area contributed by atoms with Gasteiger partial charge in [0.05, 0.1) is 24.7 Å². The number of ketones is 1. The highest BCUT2D eigenvalue weighted by atomic mass is 32.2. The van der Waals surface area contributed by atoms with Gasteiger partial charge in [-0.25, -0.2) is 8.42 Å². The molecule has 2 aromatic carbocycles. The van der Waals surface area contributed by atoms with Gasteiger partial charge in [-0.05, 0) is 25.1 Å². The van der Waals surface area contributed by atoms with Crippen LogP contribution in [0.25, 0.3) is 10.9 Å². The van der Waals surface area contributed by atoms with E-state index in [0.717, 1.165) is 23.0 Å². The number of para-hydroxylation sites is 1. The second-order valence-electron chi connectivity index (χ2n) is 8.43. The second kappa shape index (κ2) is 8.81. The molecule has 0 atom stereocenters. The molecule has 2 aliphatic rings. The Hall–Kier alpha value is -2.88. The van der Waals surface area contributed by atoms with Crippen molar-refractivity contribution >= 4 is 26.7 Å². The zero-order valence-electron chi connectivity index (χ0n) is 18.5. The molecule has 0 bridgehead atoms. The van der Waals surface area contributed by atoms with Gasteiger partial charge in [-0.3, -0.25) is 9.69 Å². The lowest BCUT2D eigenvalue weighted by Gasteiger charge is -2.33. The average molecular weight is 470 g/mol. The quantitative estimate of drug-likeness (QED) is 0.578. The summed E-state index contributed by atoms with van der Waals surface area (Å²) in [5.41, 5.74) is 2.52. The summed E-state index contributed by atoms with van der Waals surface area (Å²) in [6.07, 6.45) is 0.759. The minimum atomic E-state index is -3.66. The van der Waals surface area contributed by atoms with Crippen molar-refractivity contribution in [2.75, 3.05) is 45.9 Å². The Morgan fingerprint density at radius 1 is 1.00 bits per heavy atom. The second-order valence-corrected chi connectivity index (χ2v) is 10.4. The van der Waals surface area contributed by atoms with E-state index in [1.807, 2.05) is 36.1 Å². The van der Waals surface area contributed by atoms with Crippen molar-refractivity contribution in [2.24, 2.45) is 0 Å². The highest BCUT2D eigenvalue weighted by molar-refractivity contribution is 7.89. The van der Waals surface area contributed by atoms with Crippen LogP contribution in [0.15, 0.2) is 47.4 Å². The summed E-state index contributed by atoms with van der Waals surface area (Å²) in [7, 11) is -3.66. The summed E-state index contributed by atoms with van der Waals surface area (Å²) in [6.45, 7) is 4.88. The average Bonchev–Trinajstić information content (AvgIpc) is 2.98. The van der Waals surface area contributed by atoms with E-state index in [9.17, 15) is 13.2 Å². The van der Waals surface area contributed by atoms with Gasteiger partial charge in [0.2, 0.25) is 10.0 Å². The number of aryl methyl sites for hydroxylation is 1. The number of carbonyl (C=O) groups is 1. The third-order valence-corrected chi connectivity index (χ3v) is 8.12. The van der Waals surface area contributed by atoms with E-state index in [1.54, 1.807) is 18.2 Å². The number of aromatic nitrogens is 1. The van der Waals surface area contributed by atoms with Gasteiger partial charge in [0.1, 0.15) is 0 Å². The van der Waals surface area contributed by atoms with Gasteiger partial charge in [-0.2, -0.15) is 4.31 Å². The lowest BCUT2D eigenvalue weighted by molar-refractivity contribution is 0.0902. The molecule has 0 amide bonds. The topological polar surface area (TPSA) is 91.9 Å². The van der Waals surface area contributed by atoms with Gasteiger partial charge in [-0.15, -0.1) is 0 Å². The van der Waals surface area contributed by atoms with Crippen LogP contribution in [0.3, 0.4) is 0 Å². The van der Waals surface area contributed by atoms with Crippen LogP contribution in [-0.2, 0) is 10.0 Å². The zero-order chi connectivity index (χ0) is 23.0. The van der Waals surface area contributed by atoms with Crippen molar-refractivity contribution in [3.8, 4) is 11.5 Å². The van der Waals surface area contributed by atoms with Gasteiger partial charge >= 0.3 is 0 Å². The monoisotopic (exact) mass is 469 g/mol. The van der Waals surface area contributed by atoms with Crippen molar-refractivity contribution in [3.63, 3.8) is 0 Å². The molecule has 33 heavy (non-hydrogen) atoms. The number of rotatable bonds is 5. The number of carbonyl (C=O) groups excluding carboxylic acids is 1. The lowest BCUT2D eigenvalue weighted by Crippen LogP contribution is -2.49. The van der Waals surface area contributed by atoms with Gasteiger partial charge < -0.3 is 14.5 Å². The Morgan fingerprint density at radius 3 is 2.52 bits per heavy atom. The predicted molar refractivity (Wildman–Crippen MR) is 125 cm³/mol. The number of fused-ring (bicyclic) bond motifs is 2. The molecule has 8 nitrogen and oxygen atoms in total. The van der Waals surface area contributed by atoms with Crippen LogP contribution < -0.4 is 9.47 Å². The summed E-state index contributed by atoms with van der Waals surface area (Å²) < 4.78 is 39.1. The van der Waals surface area contributed by atoms with Crippen LogP contribution >= 0.6 is 0 Å². The molecule has 3 heterocycles. The van der Waals surface area contributed by atoms with E-state index in [-0.39, 0.29) is 17.2 Å². The molecule has 0 saturated carbocycles. The molecule has 1 aromatic heterocycles. The summed E-state index contributed by atoms with van der Waals surface area (Å²) in [5.74, 6) is 1.08. The van der Waals surface area contributed by atoms with E-state index < -0.39 is 10.0 Å². The predicted octanol–water partition coefficient (Wildman–Crippen LogP) is 2.83. The zero-order valence-corrected chi connectivity index (χ0v) is 19.4. The molecule has 1 saturated heterocycles. The Balaban J connectivity index is 1.25. The first kappa shape index (κ1) is 21.9. The number of hydrogen-bond donors (Lipinski definition) is 1. The maximum Gasteiger partial charge on any atom is 0.243 e. The van der Waals surface area contributed by atoms with Crippen LogP contribution in [0.1, 0.15) is 22.5 Å². The molecule has 2 aliphatic heterocycles. The van der Waals surface area contributed by atoms with Crippen molar-refractivity contribution < 1.29 is 22.7 Å². The van der Waals surface area contributed by atoms with E-state index in [2.05, 4.69) is 4.98 Å². The highest BCUT2D eigenvalue weighted by Crippen LogP contribution is 2.33. The van der Waals surface area contributed by atoms with Crippen LogP contribution in [0.4, 0.5) is 0 Å². The summed E-state index contributed by atoms with van der Waals surface area (Å²) in [5, 5.41) is 0.927. The number of H-pyrrole nitrogens is 1. The van der Waals surface area contributed by atoms with Gasteiger partial charge in [-0.1, -0.05) is 18.2 Å². The largest absolute Gasteiger partial charge is 0.490 e. The summed E-state index contributed by atoms with van der Waals surface area (Å²) in [6, 6.07) is 12.6. The molecule has 5 rings (SSSR count). The van der Waals surface area contributed by atoms with Crippen molar-refractivity contribution in [2.45, 2.75) is 18.2 Å². The van der Waals surface area contributed by atoms with Crippen LogP contribution in [0.5, 0.6) is 11.5 Å². The van der Waals surface area contributed by atoms with Gasteiger partial charge in [0.25, 0.3) is 0 Å². The number of sulfonamides is 1. The van der Waals surface area contributed by atoms with E-state index in [4.69, 9.17) is 9.47 Å². The molecule has 0 spiro atoms. The minimum Gasteiger partial charge on any atom is -0.490 e. The third kappa shape index (κ3) is 4.23. The standard InChI is InChI=1S/C24H27N3O5S/c1-17-24(19-5-2-3-6-20(19)25-17)21(28)16-26-9-11-27(12-10-26)33(29,30)18-7-8-22-23(15-18)32-14-4-13-31-22/h2-3,5-8,15,25H,4,9-14,16H2,1H3. The molecule has 1 N–H and O–H groups in total. The lowest BCUT2D eigenvalue weighted by atomic mass is 10.1. The molecule has 1 fully saturated rings. The number of aromatic amines is 1. The number of piperazine rings is 1. The number of hydrogen-bond acceptors (Lipinski definition) is 6. The molecule has 0 aliphatic carbocycles. The number of ether oxygens (including phenoxy) is 2. The van der Waals surface area contributed by atoms with E-state index >= 15 is 0 Å². The van der Waals surface area contributed by atoms with Crippen LogP contribution in [0.2, 0.25) is 0 Å². The fraction of sp³-hybridized carbons (Fsp3) is 0.375. The fourth-order valence-electron chi connectivity index (χ4n) is 4.50. The SMILES string of the molecule is Cc1[nH]c2ccccc2c1C(=O)CN1CCN(S(=O)(=O)c2ccc3c(c2)OCCCO3)CC1. The highest BCUT2D eigenvalue weighted by Gasteiger charge is 2.30. The molecule has 3 aromatic rings. The van der Waals surface area contributed by atoms with Crippen LogP contribution in [-0.4, -0.2) is 74.3 Å². The summed E-state index contributed by atoms with van der Waals surface area (Å²) in [4.78, 5) is 18.5. The Labute approximate surface area is 193 Å². The number of benzene rings is 2. The third-order valence-electron chi connectivity index (χ3n) is 6.23. The number of nitrogens with one attached hydrogen (secondary N) is 1. The Bertz CT molecular complexity index is 1290. The Morgan fingerprint density at radius 2 is 1.73 bits per heavy atom. The molecular weight excluding hydrogens is 442 g/mol. The molecular formula is C24H27N3O5S. The van der Waals surface area contributed by atoms with Crippen molar-refractivity contribution in [1.29, 1.82) is 0 Å². The number of Topliss-reactive ketones (excluding diaryl/α,β-unsaturated/α-hetero) is 1. The van der Waals surface area contributed by atoms with E-state index in [0.29, 0.717) is 56.5 Å². The van der Waals surface area contributed by atoms with Crippen LogP contribution in [0, 0.1) is 6.92 Å². The molecule has 0 unspecified atom stereocenters. The summed E-state index contributed by atoms with van der Waals surface area (Å²) >= 11 is 0. The van der Waals surface area contributed by atoms with Crippen molar-refractivity contribution in [3.05, 3.63) is 53.7 Å². The number of nitrogens with zero attached hydrogens (tertiary/aromatic N) is 2. The first-order chi connectivity index (χ1) is 15.9. The molecule has 174 valence electrons. The van der Waals surface area contributed by atoms with Gasteiger partial charge in [0.15, 0.2) is 17.3 Å². The smallest absolute Gasteiger partial charge is 0.243 e. The Kier molecular flexibility index (Phi) is 5.86. The van der Waals surface area contributed by atoms with Crippen molar-refractivity contribution in [1.82, 2.24) is 14.2 Å². The first-order valence-electron chi connectivity index (χ1n) is 11.2. The van der Waals surface area contributed by atoms with E-state index in [1.165, 1.54) is 4.31 Å². The van der Waals surface area contributed by atoms with Gasteiger partial charge in [0, 0.05) is 60.8 Å². The molecule has 9 heteroatoms. The molecule has 0 radical (unpaired) electrons. The normalized spacial score (nSPS) is 17.7. The minimum absolute atomic E-state index is 0.0455. The first-order valence-corrected chi connectivity index (χ1v) is 12.6. The maximum atomic E-state index is 13.2. The maximum absolute atomic E-state index is 13.2.